The first kappa shape index (κ1) is 32.0. The highest BCUT2D eigenvalue weighted by atomic mass is 32.1. The molecule has 5 aromatic rings. The van der Waals surface area contributed by atoms with E-state index in [9.17, 15) is 14.0 Å². The van der Waals surface area contributed by atoms with Crippen LogP contribution < -0.4 is 24.4 Å². The molecule has 0 saturated carbocycles. The maximum atomic E-state index is 14.7. The summed E-state index contributed by atoms with van der Waals surface area (Å²) >= 11 is 1.26. The van der Waals surface area contributed by atoms with Crippen LogP contribution in [0.4, 0.5) is 4.39 Å². The first-order valence-electron chi connectivity index (χ1n) is 15.5. The van der Waals surface area contributed by atoms with Gasteiger partial charge in [-0.2, -0.15) is 0 Å². The maximum absolute atomic E-state index is 14.7. The third-order valence-electron chi connectivity index (χ3n) is 8.22. The van der Waals surface area contributed by atoms with Crippen LogP contribution in [0.3, 0.4) is 0 Å². The minimum atomic E-state index is -0.807. The molecule has 0 aliphatic carbocycles. The van der Waals surface area contributed by atoms with Gasteiger partial charge >= 0.3 is 5.97 Å². The lowest BCUT2D eigenvalue weighted by Crippen LogP contribution is -2.40. The maximum Gasteiger partial charge on any atom is 0.338 e. The summed E-state index contributed by atoms with van der Waals surface area (Å²) in [4.78, 5) is 33.0. The number of aromatic nitrogens is 2. The number of hydrogen-bond acceptors (Lipinski definition) is 7. The summed E-state index contributed by atoms with van der Waals surface area (Å²) in [5.41, 5.74) is 4.37. The average Bonchev–Trinajstić information content (AvgIpc) is 3.49. The van der Waals surface area contributed by atoms with E-state index in [0.29, 0.717) is 44.2 Å². The third kappa shape index (κ3) is 5.89. The fourth-order valence-corrected chi connectivity index (χ4v) is 7.11. The summed E-state index contributed by atoms with van der Waals surface area (Å²) < 4.78 is 35.8. The zero-order chi connectivity index (χ0) is 33.4. The highest BCUT2D eigenvalue weighted by molar-refractivity contribution is 7.07. The Labute approximate surface area is 275 Å². The fourth-order valence-electron chi connectivity index (χ4n) is 6.08. The Morgan fingerprint density at radius 2 is 1.81 bits per heavy atom. The molecule has 1 aliphatic heterocycles. The van der Waals surface area contributed by atoms with Crippen molar-refractivity contribution in [3.8, 4) is 11.5 Å². The number of thiazole rings is 1. The Kier molecular flexibility index (Phi) is 8.88. The molecule has 0 spiro atoms. The summed E-state index contributed by atoms with van der Waals surface area (Å²) in [5.74, 6) is 0.225. The van der Waals surface area contributed by atoms with E-state index in [0.717, 1.165) is 22.2 Å². The van der Waals surface area contributed by atoms with Crippen molar-refractivity contribution in [1.29, 1.82) is 0 Å². The van der Waals surface area contributed by atoms with Crippen LogP contribution >= 0.6 is 11.3 Å². The number of ether oxygens (including phenoxy) is 3. The third-order valence-corrected chi connectivity index (χ3v) is 9.21. The van der Waals surface area contributed by atoms with Gasteiger partial charge in [0.05, 0.1) is 48.2 Å². The van der Waals surface area contributed by atoms with E-state index in [1.54, 1.807) is 49.8 Å². The van der Waals surface area contributed by atoms with Crippen molar-refractivity contribution in [1.82, 2.24) is 9.13 Å². The number of hydrogen-bond donors (Lipinski definition) is 0. The highest BCUT2D eigenvalue weighted by Gasteiger charge is 2.34. The largest absolute Gasteiger partial charge is 0.493 e. The van der Waals surface area contributed by atoms with Crippen molar-refractivity contribution in [2.75, 3.05) is 13.7 Å². The van der Waals surface area contributed by atoms with Gasteiger partial charge in [-0.05, 0) is 70.5 Å². The number of allylic oxidation sites excluding steroid dienone is 1. The first-order chi connectivity index (χ1) is 22.6. The molecule has 0 fully saturated rings. The van der Waals surface area contributed by atoms with E-state index in [1.807, 2.05) is 63.2 Å². The molecule has 6 rings (SSSR count). The van der Waals surface area contributed by atoms with E-state index < -0.39 is 12.0 Å². The molecule has 0 radical (unpaired) electrons. The predicted octanol–water partition coefficient (Wildman–Crippen LogP) is 6.04. The summed E-state index contributed by atoms with van der Waals surface area (Å²) in [6.45, 7) is 9.84. The average molecular weight is 654 g/mol. The molecule has 2 aromatic heterocycles. The molecule has 0 unspecified atom stereocenters. The Morgan fingerprint density at radius 1 is 1.06 bits per heavy atom. The number of fused-ring (bicyclic) bond motifs is 2. The minimum Gasteiger partial charge on any atom is -0.493 e. The van der Waals surface area contributed by atoms with Crippen LogP contribution in [-0.2, 0) is 16.1 Å². The van der Waals surface area contributed by atoms with Gasteiger partial charge < -0.3 is 18.8 Å². The van der Waals surface area contributed by atoms with Gasteiger partial charge in [-0.1, -0.05) is 53.8 Å². The van der Waals surface area contributed by atoms with Crippen LogP contribution in [0, 0.1) is 12.7 Å². The number of carbonyl (C=O) groups is 1. The lowest BCUT2D eigenvalue weighted by molar-refractivity contribution is -0.139. The van der Waals surface area contributed by atoms with Gasteiger partial charge in [-0.3, -0.25) is 9.36 Å². The lowest BCUT2D eigenvalue weighted by Gasteiger charge is -2.25. The fraction of sp³-hybridized carbons (Fsp3) is 0.270. The van der Waals surface area contributed by atoms with Gasteiger partial charge in [0.2, 0.25) is 0 Å². The Balaban J connectivity index is 1.55. The monoisotopic (exact) mass is 653 g/mol. The zero-order valence-electron chi connectivity index (χ0n) is 27.2. The van der Waals surface area contributed by atoms with E-state index in [4.69, 9.17) is 19.2 Å². The molecule has 0 bridgehead atoms. The predicted molar refractivity (Wildman–Crippen MR) is 181 cm³/mol. The number of benzene rings is 3. The Morgan fingerprint density at radius 3 is 2.53 bits per heavy atom. The van der Waals surface area contributed by atoms with Crippen molar-refractivity contribution >= 4 is 34.3 Å². The number of halogens is 1. The van der Waals surface area contributed by atoms with Gasteiger partial charge in [-0.15, -0.1) is 0 Å². The molecule has 3 heterocycles. The second-order valence-electron chi connectivity index (χ2n) is 11.6. The smallest absolute Gasteiger partial charge is 0.338 e. The molecule has 1 atom stereocenters. The summed E-state index contributed by atoms with van der Waals surface area (Å²) in [7, 11) is 1.55. The molecule has 10 heteroatoms. The molecule has 8 nitrogen and oxygen atoms in total. The van der Waals surface area contributed by atoms with E-state index in [2.05, 4.69) is 4.57 Å². The molecule has 0 saturated heterocycles. The van der Waals surface area contributed by atoms with Gasteiger partial charge in [0.15, 0.2) is 16.3 Å². The van der Waals surface area contributed by atoms with Crippen molar-refractivity contribution in [3.63, 3.8) is 0 Å². The van der Waals surface area contributed by atoms with Crippen molar-refractivity contribution in [3.05, 3.63) is 126 Å². The summed E-state index contributed by atoms with van der Waals surface area (Å²) in [6.07, 6.45) is 1.80. The SMILES string of the molecule is CCOC(=O)C1=C(C)N=c2s/c(=C/c3c(C)n(Cc4ccccc4F)c4ccccc34)c(=O)n2[C@H]1c1ccc(OC(C)C)c(OC)c1. The molecule has 47 heavy (non-hydrogen) atoms. The van der Waals surface area contributed by atoms with E-state index >= 15 is 0 Å². The molecule has 0 amide bonds. The second kappa shape index (κ2) is 13.0. The first-order valence-corrected chi connectivity index (χ1v) is 16.3. The van der Waals surface area contributed by atoms with E-state index in [1.165, 1.54) is 17.4 Å². The van der Waals surface area contributed by atoms with Gasteiger partial charge in [0, 0.05) is 27.7 Å². The molecule has 1 aliphatic rings. The minimum absolute atomic E-state index is 0.0780. The van der Waals surface area contributed by atoms with Gasteiger partial charge in [-0.25, -0.2) is 14.2 Å². The van der Waals surface area contributed by atoms with Crippen LogP contribution in [0.2, 0.25) is 0 Å². The standard InChI is InChI=1S/C37H36FN3O5S/c1-7-45-36(43)33-22(4)39-37-41(34(33)24-16-17-30(46-21(2)3)31(18-24)44-6)35(42)32(47-37)19-27-23(5)40(29-15-11-9-13-26(27)29)20-25-12-8-10-14-28(25)38/h8-19,21,34H,7,20H2,1-6H3/b32-19+/t34-/m0/s1. The van der Waals surface area contributed by atoms with Crippen LogP contribution in [0.25, 0.3) is 17.0 Å². The van der Waals surface area contributed by atoms with Crippen molar-refractivity contribution in [2.24, 2.45) is 4.99 Å². The molecule has 0 N–H and O–H groups in total. The van der Waals surface area contributed by atoms with Gasteiger partial charge in [0.1, 0.15) is 5.82 Å². The molecular weight excluding hydrogens is 617 g/mol. The van der Waals surface area contributed by atoms with Crippen LogP contribution in [-0.4, -0.2) is 34.9 Å². The number of para-hydroxylation sites is 1. The lowest BCUT2D eigenvalue weighted by atomic mass is 9.95. The second-order valence-corrected chi connectivity index (χ2v) is 12.6. The number of rotatable bonds is 9. The normalized spacial score (nSPS) is 14.8. The zero-order valence-corrected chi connectivity index (χ0v) is 28.0. The number of carbonyl (C=O) groups excluding carboxylic acids is 1. The van der Waals surface area contributed by atoms with Crippen molar-refractivity contribution in [2.45, 2.75) is 53.3 Å². The summed E-state index contributed by atoms with van der Waals surface area (Å²) in [6, 6.07) is 19.2. The number of nitrogens with zero attached hydrogens (tertiary/aromatic N) is 3. The molecule has 3 aromatic carbocycles. The summed E-state index contributed by atoms with van der Waals surface area (Å²) in [5, 5.41) is 0.942. The number of methoxy groups -OCH3 is 1. The topological polar surface area (TPSA) is 84.1 Å². The van der Waals surface area contributed by atoms with E-state index in [-0.39, 0.29) is 29.7 Å². The quantitative estimate of drug-likeness (QED) is 0.181. The number of esters is 1. The van der Waals surface area contributed by atoms with Crippen LogP contribution in [0.15, 0.2) is 87.8 Å². The molecule has 242 valence electrons. The molecular formula is C37H36FN3O5S. The van der Waals surface area contributed by atoms with Gasteiger partial charge in [0.25, 0.3) is 5.56 Å². The Hall–Kier alpha value is -4.96. The van der Waals surface area contributed by atoms with Crippen LogP contribution in [0.1, 0.15) is 56.1 Å². The Bertz CT molecular complexity index is 2230. The highest BCUT2D eigenvalue weighted by Crippen LogP contribution is 2.37. The van der Waals surface area contributed by atoms with Crippen LogP contribution in [0.5, 0.6) is 11.5 Å². The van der Waals surface area contributed by atoms with Crippen molar-refractivity contribution < 1.29 is 23.4 Å².